The average Bonchev–Trinajstić information content (AvgIpc) is 2.79. The molecule has 33 heavy (non-hydrogen) atoms. The molecule has 0 radical (unpaired) electrons. The van der Waals surface area contributed by atoms with Crippen molar-refractivity contribution < 1.29 is 23.9 Å². The zero-order valence-corrected chi connectivity index (χ0v) is 19.6. The van der Waals surface area contributed by atoms with Crippen molar-refractivity contribution >= 4 is 52.8 Å². The summed E-state index contributed by atoms with van der Waals surface area (Å²) in [6.07, 6.45) is 2.07. The minimum Gasteiger partial charge on any atom is -0.490 e. The molecule has 0 fully saturated rings. The highest BCUT2D eigenvalue weighted by molar-refractivity contribution is 6.36. The monoisotopic (exact) mass is 494 g/mol. The minimum atomic E-state index is -0.864. The van der Waals surface area contributed by atoms with Gasteiger partial charge in [-0.25, -0.2) is 5.43 Å². The van der Waals surface area contributed by atoms with Gasteiger partial charge in [-0.15, -0.1) is 0 Å². The highest BCUT2D eigenvalue weighted by Crippen LogP contribution is 2.28. The second kappa shape index (κ2) is 13.3. The number of ether oxygens (including phenoxy) is 2. The van der Waals surface area contributed by atoms with Gasteiger partial charge >= 0.3 is 11.8 Å². The molecule has 0 heterocycles. The number of hydrazone groups is 1. The van der Waals surface area contributed by atoms with Crippen LogP contribution in [0.5, 0.6) is 11.5 Å². The summed E-state index contributed by atoms with van der Waals surface area (Å²) in [7, 11) is 0. The first-order chi connectivity index (χ1) is 15.8. The van der Waals surface area contributed by atoms with E-state index in [-0.39, 0.29) is 6.61 Å². The number of carbonyl (C=O) groups is 3. The molecule has 0 saturated heterocycles. The maximum atomic E-state index is 12.2. The highest BCUT2D eigenvalue weighted by atomic mass is 35.5. The van der Waals surface area contributed by atoms with Crippen LogP contribution in [0.2, 0.25) is 10.0 Å². The standard InChI is InChI=1S/C22H24Cl2N4O5/c1-3-9-25-21(30)22(31)28-26-12-14-5-8-18(19(10-14)32-4-2)33-13-20(29)27-17-7-6-15(23)11-16(17)24/h5-8,10-12H,3-4,9,13H2,1-2H3,(H,25,30)(H,27,29)(H,28,31)/b26-12-. The summed E-state index contributed by atoms with van der Waals surface area (Å²) >= 11 is 11.9. The van der Waals surface area contributed by atoms with E-state index >= 15 is 0 Å². The molecule has 3 amide bonds. The number of amides is 3. The number of anilines is 1. The van der Waals surface area contributed by atoms with Crippen molar-refractivity contribution in [1.29, 1.82) is 0 Å². The zero-order chi connectivity index (χ0) is 24.2. The first kappa shape index (κ1) is 26.0. The fourth-order valence-electron chi connectivity index (χ4n) is 2.45. The fraction of sp³-hybridized carbons (Fsp3) is 0.273. The lowest BCUT2D eigenvalue weighted by Gasteiger charge is -2.13. The molecule has 11 heteroatoms. The molecular weight excluding hydrogens is 471 g/mol. The number of hydrogen-bond donors (Lipinski definition) is 3. The summed E-state index contributed by atoms with van der Waals surface area (Å²) < 4.78 is 11.1. The van der Waals surface area contributed by atoms with Crippen molar-refractivity contribution in [3.63, 3.8) is 0 Å². The summed E-state index contributed by atoms with van der Waals surface area (Å²) in [5.74, 6) is -1.32. The molecule has 0 aliphatic rings. The summed E-state index contributed by atoms with van der Waals surface area (Å²) in [5, 5.41) is 9.63. The van der Waals surface area contributed by atoms with E-state index in [1.807, 2.05) is 6.92 Å². The van der Waals surface area contributed by atoms with E-state index in [0.29, 0.717) is 52.4 Å². The van der Waals surface area contributed by atoms with Crippen LogP contribution in [0, 0.1) is 0 Å². The quantitative estimate of drug-likeness (QED) is 0.265. The van der Waals surface area contributed by atoms with Crippen LogP contribution >= 0.6 is 23.2 Å². The molecule has 0 aromatic heterocycles. The maximum Gasteiger partial charge on any atom is 0.329 e. The SMILES string of the molecule is CCCNC(=O)C(=O)N/N=C\c1ccc(OCC(=O)Nc2ccc(Cl)cc2Cl)c(OCC)c1. The van der Waals surface area contributed by atoms with Crippen LogP contribution in [0.3, 0.4) is 0 Å². The summed E-state index contributed by atoms with van der Waals surface area (Å²) in [4.78, 5) is 35.4. The number of hydrogen-bond acceptors (Lipinski definition) is 6. The van der Waals surface area contributed by atoms with Crippen LogP contribution in [0.15, 0.2) is 41.5 Å². The molecule has 0 spiro atoms. The molecule has 0 aliphatic carbocycles. The molecule has 2 aromatic carbocycles. The van der Waals surface area contributed by atoms with Crippen LogP contribution in [0.4, 0.5) is 5.69 Å². The van der Waals surface area contributed by atoms with Gasteiger partial charge in [-0.05, 0) is 55.3 Å². The van der Waals surface area contributed by atoms with Crippen molar-refractivity contribution in [2.75, 3.05) is 25.1 Å². The van der Waals surface area contributed by atoms with Gasteiger partial charge in [-0.1, -0.05) is 30.1 Å². The Balaban J connectivity index is 1.97. The molecule has 0 atom stereocenters. The van der Waals surface area contributed by atoms with Gasteiger partial charge < -0.3 is 20.1 Å². The molecule has 0 saturated carbocycles. The van der Waals surface area contributed by atoms with Crippen LogP contribution in [-0.2, 0) is 14.4 Å². The average molecular weight is 495 g/mol. The second-order valence-corrected chi connectivity index (χ2v) is 7.40. The topological polar surface area (TPSA) is 118 Å². The molecule has 0 aliphatic heterocycles. The van der Waals surface area contributed by atoms with Crippen LogP contribution in [-0.4, -0.2) is 43.7 Å². The lowest BCUT2D eigenvalue weighted by molar-refractivity contribution is -0.139. The number of benzene rings is 2. The summed E-state index contributed by atoms with van der Waals surface area (Å²) in [6.45, 7) is 4.16. The predicted molar refractivity (Wildman–Crippen MR) is 127 cm³/mol. The van der Waals surface area contributed by atoms with E-state index in [4.69, 9.17) is 32.7 Å². The molecular formula is C22H24Cl2N4O5. The van der Waals surface area contributed by atoms with E-state index in [2.05, 4.69) is 21.2 Å². The first-order valence-corrected chi connectivity index (χ1v) is 10.8. The van der Waals surface area contributed by atoms with E-state index in [1.165, 1.54) is 12.3 Å². The molecule has 0 bridgehead atoms. The highest BCUT2D eigenvalue weighted by Gasteiger charge is 2.12. The number of rotatable bonds is 10. The van der Waals surface area contributed by atoms with Crippen molar-refractivity contribution in [1.82, 2.24) is 10.7 Å². The smallest absolute Gasteiger partial charge is 0.329 e. The zero-order valence-electron chi connectivity index (χ0n) is 18.1. The van der Waals surface area contributed by atoms with Gasteiger partial charge in [0.05, 0.1) is 23.5 Å². The fourth-order valence-corrected chi connectivity index (χ4v) is 2.90. The Morgan fingerprint density at radius 2 is 1.79 bits per heavy atom. The lowest BCUT2D eigenvalue weighted by atomic mass is 10.2. The summed E-state index contributed by atoms with van der Waals surface area (Å²) in [6, 6.07) is 9.60. The number of carbonyl (C=O) groups excluding carboxylic acids is 3. The van der Waals surface area contributed by atoms with E-state index < -0.39 is 17.7 Å². The molecule has 3 N–H and O–H groups in total. The Morgan fingerprint density at radius 1 is 1.00 bits per heavy atom. The van der Waals surface area contributed by atoms with Gasteiger partial charge in [-0.3, -0.25) is 14.4 Å². The Kier molecular flexibility index (Phi) is 10.5. The van der Waals surface area contributed by atoms with Gasteiger partial charge in [0.1, 0.15) is 0 Å². The van der Waals surface area contributed by atoms with Crippen LogP contribution in [0.25, 0.3) is 0 Å². The molecule has 176 valence electrons. The molecule has 2 aromatic rings. The molecule has 0 unspecified atom stereocenters. The number of nitrogens with one attached hydrogen (secondary N) is 3. The van der Waals surface area contributed by atoms with Gasteiger partial charge in [0.25, 0.3) is 5.91 Å². The van der Waals surface area contributed by atoms with Gasteiger partial charge in [0, 0.05) is 11.6 Å². The largest absolute Gasteiger partial charge is 0.490 e. The maximum absolute atomic E-state index is 12.2. The Morgan fingerprint density at radius 3 is 2.48 bits per heavy atom. The van der Waals surface area contributed by atoms with Crippen molar-refractivity contribution in [3.05, 3.63) is 52.0 Å². The third-order valence-corrected chi connectivity index (χ3v) is 4.50. The van der Waals surface area contributed by atoms with Crippen LogP contribution in [0.1, 0.15) is 25.8 Å². The van der Waals surface area contributed by atoms with Crippen molar-refractivity contribution in [3.8, 4) is 11.5 Å². The Labute approximate surface area is 201 Å². The van der Waals surface area contributed by atoms with E-state index in [1.54, 1.807) is 37.3 Å². The van der Waals surface area contributed by atoms with Gasteiger partial charge in [-0.2, -0.15) is 5.10 Å². The molecule has 9 nitrogen and oxygen atoms in total. The number of halogens is 2. The van der Waals surface area contributed by atoms with Gasteiger partial charge in [0.15, 0.2) is 18.1 Å². The number of nitrogens with zero attached hydrogens (tertiary/aromatic N) is 1. The van der Waals surface area contributed by atoms with E-state index in [0.717, 1.165) is 0 Å². The lowest BCUT2D eigenvalue weighted by Crippen LogP contribution is -2.38. The predicted octanol–water partition coefficient (Wildman–Crippen LogP) is 3.39. The van der Waals surface area contributed by atoms with Crippen molar-refractivity contribution in [2.45, 2.75) is 20.3 Å². The van der Waals surface area contributed by atoms with Gasteiger partial charge in [0.2, 0.25) is 0 Å². The minimum absolute atomic E-state index is 0.282. The van der Waals surface area contributed by atoms with Crippen LogP contribution < -0.4 is 25.5 Å². The van der Waals surface area contributed by atoms with Crippen molar-refractivity contribution in [2.24, 2.45) is 5.10 Å². The first-order valence-electron chi connectivity index (χ1n) is 10.1. The second-order valence-electron chi connectivity index (χ2n) is 6.56. The van der Waals surface area contributed by atoms with E-state index in [9.17, 15) is 14.4 Å². The third-order valence-electron chi connectivity index (χ3n) is 3.95. The molecule has 2 rings (SSSR count). The Hall–Kier alpha value is -3.30. The third kappa shape index (κ3) is 8.63. The normalized spacial score (nSPS) is 10.5. The Bertz CT molecular complexity index is 1030. The summed E-state index contributed by atoms with van der Waals surface area (Å²) in [5.41, 5.74) is 3.15.